The molecule has 620 valence electrons. The summed E-state index contributed by atoms with van der Waals surface area (Å²) in [7, 11) is 0. The molecule has 0 unspecified atom stereocenters. The number of allylic oxidation sites excluding steroid dienone is 1. The molecule has 47 heteroatoms. The zero-order chi connectivity index (χ0) is 86.4. The summed E-state index contributed by atoms with van der Waals surface area (Å²) in [5.74, 6) is -5.62. The highest BCUT2D eigenvalue weighted by molar-refractivity contribution is 7.79. The quantitative estimate of drug-likeness (QED) is 0.0330. The van der Waals surface area contributed by atoms with E-state index in [0.717, 1.165) is 64.2 Å². The first-order valence-corrected chi connectivity index (χ1v) is 38.4. The van der Waals surface area contributed by atoms with Crippen LogP contribution in [0.2, 0.25) is 0 Å². The number of H-pyrrole nitrogens is 5. The minimum atomic E-state index is -0.835. The van der Waals surface area contributed by atoms with Crippen LogP contribution >= 0.6 is 50.5 Å². The Hall–Kier alpha value is -14.5. The fourth-order valence-electron chi connectivity index (χ4n) is 12.7. The van der Waals surface area contributed by atoms with Crippen LogP contribution in [0.4, 0.5) is 22.9 Å². The van der Waals surface area contributed by atoms with Gasteiger partial charge in [-0.05, 0) is 111 Å². The highest BCUT2D eigenvalue weighted by Gasteiger charge is 2.70. The molecule has 0 radical (unpaired) electrons. The molecule has 2 aromatic carbocycles. The first-order valence-electron chi connectivity index (χ1n) is 35.9. The van der Waals surface area contributed by atoms with E-state index in [2.05, 4.69) is 188 Å². The molecule has 17 rings (SSSR count). The summed E-state index contributed by atoms with van der Waals surface area (Å²) in [6.45, 7) is 6.20. The molecule has 3 aliphatic carbocycles. The van der Waals surface area contributed by atoms with E-state index in [4.69, 9.17) is 5.11 Å². The van der Waals surface area contributed by atoms with E-state index in [9.17, 15) is 73.5 Å². The normalized spacial score (nSPS) is 16.4. The lowest BCUT2D eigenvalue weighted by Crippen LogP contribution is -2.75. The lowest BCUT2D eigenvalue weighted by Gasteiger charge is -2.70. The number of aliphatic hydroxyl groups is 1. The van der Waals surface area contributed by atoms with E-state index in [1.54, 1.807) is 72.8 Å². The number of azo groups is 5. The summed E-state index contributed by atoms with van der Waals surface area (Å²) >= 11 is 15.8. The minimum Gasteiger partial charge on any atom is -0.493 e. The summed E-state index contributed by atoms with van der Waals surface area (Å²) in [5, 5.41) is 110. The Balaban J connectivity index is 0.000000138. The number of carbonyl (C=O) groups is 5. The Morgan fingerprint density at radius 1 is 0.405 bits per heavy atom. The predicted octanol–water partition coefficient (Wildman–Crippen LogP) is 7.40. The third-order valence-corrected chi connectivity index (χ3v) is 19.6. The topological polar surface area (TPSA) is 645 Å². The number of pyridine rings is 2. The Morgan fingerprint density at radius 3 is 1.12 bits per heavy atom. The molecule has 3 saturated carbocycles. The molecule has 43 nitrogen and oxygen atoms in total. The Labute approximate surface area is 701 Å². The molecule has 0 spiro atoms. The van der Waals surface area contributed by atoms with Crippen molar-refractivity contribution in [2.24, 2.45) is 56.6 Å². The fourth-order valence-corrected chi connectivity index (χ4v) is 13.3. The number of anilines is 4. The van der Waals surface area contributed by atoms with Gasteiger partial charge in [-0.25, -0.2) is 4.98 Å². The Bertz CT molecular complexity index is 5950. The van der Waals surface area contributed by atoms with Crippen LogP contribution < -0.4 is 54.4 Å². The van der Waals surface area contributed by atoms with Crippen LogP contribution in [-0.4, -0.2) is 158 Å². The molecule has 9 aromatic rings. The van der Waals surface area contributed by atoms with E-state index in [-0.39, 0.29) is 74.5 Å². The van der Waals surface area contributed by atoms with Crippen LogP contribution in [0.3, 0.4) is 0 Å². The summed E-state index contributed by atoms with van der Waals surface area (Å²) in [6.07, 6.45) is 11.0. The van der Waals surface area contributed by atoms with Crippen molar-refractivity contribution >= 4 is 126 Å². The van der Waals surface area contributed by atoms with Gasteiger partial charge in [0.15, 0.2) is 27.8 Å². The summed E-state index contributed by atoms with van der Waals surface area (Å²) in [4.78, 5) is 159. The first kappa shape index (κ1) is 85.9. The van der Waals surface area contributed by atoms with E-state index in [0.29, 0.717) is 66.9 Å². The van der Waals surface area contributed by atoms with E-state index >= 15 is 0 Å². The lowest BCUT2D eigenvalue weighted by atomic mass is 9.38. The van der Waals surface area contributed by atoms with Crippen molar-refractivity contribution in [1.82, 2.24) is 65.1 Å². The van der Waals surface area contributed by atoms with Crippen LogP contribution in [0.15, 0.2) is 195 Å². The highest BCUT2D eigenvalue weighted by Crippen LogP contribution is 2.71. The Kier molecular flexibility index (Phi) is 26.9. The van der Waals surface area contributed by atoms with Crippen molar-refractivity contribution in [3.8, 4) is 29.4 Å². The molecule has 121 heavy (non-hydrogen) atoms. The van der Waals surface area contributed by atoms with Crippen molar-refractivity contribution in [2.75, 3.05) is 54.0 Å². The van der Waals surface area contributed by atoms with Gasteiger partial charge in [-0.1, -0.05) is 24.3 Å². The number of thiol groups is 4. The zero-order valence-corrected chi connectivity index (χ0v) is 66.7. The molecule has 3 fully saturated rings. The van der Waals surface area contributed by atoms with Crippen LogP contribution in [0.5, 0.6) is 29.4 Å². The fraction of sp³-hybridized carbons (Fsp3) is 0.230. The van der Waals surface area contributed by atoms with Gasteiger partial charge < -0.3 is 82.1 Å². The second kappa shape index (κ2) is 37.9. The molecule has 5 aliphatic heterocycles. The molecular weight excluding hydrogens is 1650 g/mol. The molecule has 0 atom stereocenters. The smallest absolute Gasteiger partial charge is 0.267 e. The van der Waals surface area contributed by atoms with E-state index < -0.39 is 116 Å². The van der Waals surface area contributed by atoms with Gasteiger partial charge >= 0.3 is 0 Å². The van der Waals surface area contributed by atoms with Crippen LogP contribution in [0.1, 0.15) is 136 Å². The molecule has 2 bridgehead atoms. The number of amides is 5. The second-order valence-corrected chi connectivity index (χ2v) is 28.1. The summed E-state index contributed by atoms with van der Waals surface area (Å²) in [6, 6.07) is 20.4. The average molecular weight is 1720 g/mol. The molecular formula is C74H69N27O16S4. The van der Waals surface area contributed by atoms with Crippen molar-refractivity contribution in [3.05, 3.63) is 251 Å². The largest absolute Gasteiger partial charge is 0.493 e. The van der Waals surface area contributed by atoms with Crippen molar-refractivity contribution in [1.29, 1.82) is 0 Å². The minimum absolute atomic E-state index is 0.0376. The molecule has 7 aromatic heterocycles. The maximum atomic E-state index is 12.3. The van der Waals surface area contributed by atoms with E-state index in [1.165, 1.54) is 12.4 Å². The van der Waals surface area contributed by atoms with Gasteiger partial charge in [-0.15, -0.1) is 0 Å². The number of aromatic nitrogens is 12. The number of aromatic amines is 5. The van der Waals surface area contributed by atoms with Gasteiger partial charge in [0.2, 0.25) is 29.4 Å². The van der Waals surface area contributed by atoms with Crippen molar-refractivity contribution < 1.29 is 54.6 Å². The molecule has 5 amide bonds. The number of aromatic hydroxyl groups is 5. The molecule has 8 aliphatic rings. The maximum absolute atomic E-state index is 12.3. The highest BCUT2D eigenvalue weighted by atomic mass is 32.1. The second-order valence-electron chi connectivity index (χ2n) is 26.8. The molecule has 12 heterocycles. The number of hydrogen-bond acceptors (Lipinski definition) is 37. The number of benzene rings is 2. The van der Waals surface area contributed by atoms with Crippen LogP contribution in [0.25, 0.3) is 22.8 Å². The van der Waals surface area contributed by atoms with Crippen molar-refractivity contribution in [3.63, 3.8) is 0 Å². The van der Waals surface area contributed by atoms with Crippen molar-refractivity contribution in [2.45, 2.75) is 68.3 Å². The maximum Gasteiger partial charge on any atom is 0.267 e. The van der Waals surface area contributed by atoms with E-state index in [1.807, 2.05) is 32.1 Å². The first-order chi connectivity index (χ1) is 58.1. The lowest BCUT2D eigenvalue weighted by molar-refractivity contribution is -0.118. The number of nitrogens with zero attached hydrogens (tertiary/aromatic N) is 17. The standard InChI is InChI=1S/C16H15N5O4.C16H15N5O3S.2C14H12N6O3S.C14H15N5O3S/c1-8-6-17-21-13(8)9-2-4-10(5-3-9)18-14(23)12-15(24)19-11(7-22)20-16(12)25;1-8-6-17-21-13(8)9-2-4-10(5-3-9)18-14(22)12-15(23)19-11(7-25)20-16(12)24;21-12(11-13(22)18-10(6-24)19-14(11)23)17-9-2-1-7(5-15-9)8-3-4-16-20-8;21-12(11-13(22)18-10(6-24)19-14(11)23)17-7-1-2-8(15-5-7)9-3-4-16-20-9;20-10-9(11(21)17-8(3-23)16-10)12(22)18-14-4-13(5-14,6-14)7-1-2-15-19-7/h2-5,22H,6-7H2,1H3,(H,18,23)(H2,19,20,24,25);2-5,25H,6-7H2,1H3,(H,18,22)(H2,19,20,23,24);1-3,5,24H,4,6H2,(H,15,17,21)(H2,18,19,22,23);1-3,5,24H,4,6H2,(H,17,21)(H2,18,19,22,23);1,23H,2-6H2,(H,18,22)(H2,16,17,20,21). The number of hydrogen-bond donors (Lipinski definition) is 20. The molecule has 0 saturated heterocycles. The number of nitrogens with one attached hydrogen (secondary N) is 10. The van der Waals surface area contributed by atoms with Gasteiger partial charge in [0.1, 0.15) is 47.2 Å². The summed E-state index contributed by atoms with van der Waals surface area (Å²) < 4.78 is 0. The SMILES string of the molecule is CC1=C(c2ccc(NC(=O)c3c(O)nc(CO)[nH]c3=O)cc2)N=NC1.CC1=C(c2ccc(NC(=O)c3c(O)nc(CS)[nH]c3=O)cc2)N=NC1.O=C(NC12CC(C3=CCN=N3)(C1)C2)c1c(O)nc(CS)[nH]c1=O.O=C(Nc1ccc(C2=CCN=N2)cn1)c1c(O)nc(CS)[nH]c1=O.O=C(Nc1ccc(C2=CCN=N2)nc1)c1c(O)nc(CS)[nH]c1=O. The number of aliphatic hydroxyl groups excluding tert-OH is 1. The van der Waals surface area contributed by atoms with Gasteiger partial charge in [0, 0.05) is 68.2 Å². The van der Waals surface area contributed by atoms with Gasteiger partial charge in [-0.3, -0.25) is 52.9 Å². The van der Waals surface area contributed by atoms with Crippen LogP contribution in [-0.2, 0) is 29.6 Å². The summed E-state index contributed by atoms with van der Waals surface area (Å²) in [5.41, 5.74) is 4.25. The average Bonchev–Trinajstić information content (AvgIpc) is 1.04. The van der Waals surface area contributed by atoms with Gasteiger partial charge in [0.25, 0.3) is 57.3 Å². The van der Waals surface area contributed by atoms with Gasteiger partial charge in [-0.2, -0.15) is 127 Å². The monoisotopic (exact) mass is 1720 g/mol. The number of rotatable bonds is 20. The molecule has 16 N–H and O–H groups in total. The number of carbonyl (C=O) groups excluding carboxylic acids is 5. The third kappa shape index (κ3) is 20.1. The predicted molar refractivity (Wildman–Crippen MR) is 447 cm³/mol. The Morgan fingerprint density at radius 2 is 0.777 bits per heavy atom. The zero-order valence-electron chi connectivity index (χ0n) is 63.2. The van der Waals surface area contributed by atoms with Crippen LogP contribution in [0, 0.1) is 5.41 Å². The van der Waals surface area contributed by atoms with Gasteiger partial charge in [0.05, 0.1) is 73.1 Å². The third-order valence-electron chi connectivity index (χ3n) is 18.4.